The van der Waals surface area contributed by atoms with E-state index in [9.17, 15) is 4.79 Å². The lowest BCUT2D eigenvalue weighted by Crippen LogP contribution is -2.21. The van der Waals surface area contributed by atoms with E-state index >= 15 is 0 Å². The molecule has 0 unspecified atom stereocenters. The Labute approximate surface area is 139 Å². The van der Waals surface area contributed by atoms with Crippen LogP contribution in [0.5, 0.6) is 5.75 Å². The van der Waals surface area contributed by atoms with E-state index in [2.05, 4.69) is 15.5 Å². The maximum atomic E-state index is 12.3. The number of amides is 1. The van der Waals surface area contributed by atoms with Gasteiger partial charge >= 0.3 is 0 Å². The maximum absolute atomic E-state index is 12.3. The highest BCUT2D eigenvalue weighted by atomic mass is 16.5. The van der Waals surface area contributed by atoms with Gasteiger partial charge in [-0.05, 0) is 24.6 Å². The SMILES string of the molecule is COc1ccc([C@@H]2NC(=O)c3[nH]nc(-c4ccc(C)cc4)c32)cc1. The van der Waals surface area contributed by atoms with Gasteiger partial charge in [0, 0.05) is 11.1 Å². The molecule has 2 N–H and O–H groups in total. The van der Waals surface area contributed by atoms with Crippen LogP contribution in [0.25, 0.3) is 11.3 Å². The van der Waals surface area contributed by atoms with Crippen molar-refractivity contribution in [1.29, 1.82) is 0 Å². The van der Waals surface area contributed by atoms with Crippen LogP contribution in [0.2, 0.25) is 0 Å². The van der Waals surface area contributed by atoms with Gasteiger partial charge in [-0.1, -0.05) is 42.0 Å². The van der Waals surface area contributed by atoms with Gasteiger partial charge in [0.2, 0.25) is 0 Å². The Morgan fingerprint density at radius 1 is 1.04 bits per heavy atom. The zero-order chi connectivity index (χ0) is 16.7. The third-order valence-corrected chi connectivity index (χ3v) is 4.37. The molecule has 0 spiro atoms. The van der Waals surface area contributed by atoms with Gasteiger partial charge in [-0.2, -0.15) is 5.10 Å². The lowest BCUT2D eigenvalue weighted by atomic mass is 9.96. The first kappa shape index (κ1) is 14.5. The highest BCUT2D eigenvalue weighted by Gasteiger charge is 2.35. The van der Waals surface area contributed by atoms with Crippen LogP contribution in [0.15, 0.2) is 48.5 Å². The molecule has 0 radical (unpaired) electrons. The van der Waals surface area contributed by atoms with Crippen molar-refractivity contribution in [1.82, 2.24) is 15.5 Å². The number of aromatic nitrogens is 2. The van der Waals surface area contributed by atoms with E-state index in [1.54, 1.807) is 7.11 Å². The van der Waals surface area contributed by atoms with Crippen LogP contribution in [0, 0.1) is 6.92 Å². The van der Waals surface area contributed by atoms with E-state index in [1.165, 1.54) is 5.56 Å². The second-order valence-corrected chi connectivity index (χ2v) is 5.91. The van der Waals surface area contributed by atoms with Gasteiger partial charge < -0.3 is 10.1 Å². The van der Waals surface area contributed by atoms with Crippen LogP contribution in [0.1, 0.15) is 33.2 Å². The van der Waals surface area contributed by atoms with Gasteiger partial charge in [-0.15, -0.1) is 0 Å². The molecule has 1 aliphatic rings. The van der Waals surface area contributed by atoms with E-state index in [4.69, 9.17) is 4.74 Å². The molecule has 1 atom stereocenters. The van der Waals surface area contributed by atoms with E-state index in [1.807, 2.05) is 55.5 Å². The largest absolute Gasteiger partial charge is 0.497 e. The Kier molecular flexibility index (Phi) is 3.34. The summed E-state index contributed by atoms with van der Waals surface area (Å²) in [5.74, 6) is 0.658. The molecule has 5 nitrogen and oxygen atoms in total. The normalized spacial score (nSPS) is 15.9. The fourth-order valence-electron chi connectivity index (χ4n) is 3.06. The van der Waals surface area contributed by atoms with Crippen molar-refractivity contribution < 1.29 is 9.53 Å². The lowest BCUT2D eigenvalue weighted by molar-refractivity contribution is 0.0955. The van der Waals surface area contributed by atoms with Crippen molar-refractivity contribution in [2.75, 3.05) is 7.11 Å². The van der Waals surface area contributed by atoms with E-state index in [0.717, 1.165) is 28.1 Å². The second kappa shape index (κ2) is 5.53. The quantitative estimate of drug-likeness (QED) is 0.779. The molecular weight excluding hydrogens is 302 g/mol. The summed E-state index contributed by atoms with van der Waals surface area (Å²) in [4.78, 5) is 12.3. The third-order valence-electron chi connectivity index (χ3n) is 4.37. The molecule has 0 saturated heterocycles. The molecule has 4 rings (SSSR count). The molecule has 0 fully saturated rings. The molecule has 24 heavy (non-hydrogen) atoms. The van der Waals surface area contributed by atoms with Crippen LogP contribution >= 0.6 is 0 Å². The minimum atomic E-state index is -0.214. The predicted octanol–water partition coefficient (Wildman–Crippen LogP) is 3.23. The molecule has 2 heterocycles. The Balaban J connectivity index is 1.80. The molecule has 1 aliphatic heterocycles. The molecule has 120 valence electrons. The summed E-state index contributed by atoms with van der Waals surface area (Å²) in [6.07, 6.45) is 0. The van der Waals surface area contributed by atoms with Crippen molar-refractivity contribution >= 4 is 5.91 Å². The van der Waals surface area contributed by atoms with E-state index < -0.39 is 0 Å². The van der Waals surface area contributed by atoms with Crippen LogP contribution in [0.4, 0.5) is 0 Å². The molecular formula is C19H17N3O2. The molecule has 0 aliphatic carbocycles. The molecule has 5 heteroatoms. The Hall–Kier alpha value is -3.08. The summed E-state index contributed by atoms with van der Waals surface area (Å²) in [6, 6.07) is 15.6. The number of aryl methyl sites for hydroxylation is 1. The minimum absolute atomic E-state index is 0.128. The van der Waals surface area contributed by atoms with Crippen molar-refractivity contribution in [3.05, 3.63) is 70.9 Å². The number of nitrogens with zero attached hydrogens (tertiary/aromatic N) is 1. The number of methoxy groups -OCH3 is 1. The first-order valence-electron chi connectivity index (χ1n) is 7.77. The van der Waals surface area contributed by atoms with Gasteiger partial charge in [0.25, 0.3) is 5.91 Å². The minimum Gasteiger partial charge on any atom is -0.497 e. The topological polar surface area (TPSA) is 67.0 Å². The fraction of sp³-hybridized carbons (Fsp3) is 0.158. The third kappa shape index (κ3) is 2.25. The van der Waals surface area contributed by atoms with Gasteiger partial charge in [0.1, 0.15) is 11.4 Å². The number of benzene rings is 2. The summed E-state index contributed by atoms with van der Waals surface area (Å²) in [5, 5.41) is 10.3. The average Bonchev–Trinajstić information content (AvgIpc) is 3.18. The first-order valence-corrected chi connectivity index (χ1v) is 7.77. The number of ether oxygens (including phenoxy) is 1. The van der Waals surface area contributed by atoms with E-state index in [0.29, 0.717) is 5.69 Å². The Morgan fingerprint density at radius 3 is 2.42 bits per heavy atom. The molecule has 2 aromatic carbocycles. The molecule has 1 aromatic heterocycles. The monoisotopic (exact) mass is 319 g/mol. The number of carbonyl (C=O) groups is 1. The van der Waals surface area contributed by atoms with Crippen LogP contribution < -0.4 is 10.1 Å². The first-order chi connectivity index (χ1) is 11.7. The second-order valence-electron chi connectivity index (χ2n) is 5.91. The molecule has 1 amide bonds. The maximum Gasteiger partial charge on any atom is 0.270 e. The standard InChI is InChI=1S/C19H17N3O2/c1-11-3-5-13(6-4-11)17-15-16(20-19(23)18(15)22-21-17)12-7-9-14(24-2)10-8-12/h3-10,16H,1-2H3,(H,20,23)(H,21,22)/t16-/m0/s1. The number of rotatable bonds is 3. The fourth-order valence-corrected chi connectivity index (χ4v) is 3.06. The number of carbonyl (C=O) groups excluding carboxylic acids is 1. The number of H-pyrrole nitrogens is 1. The van der Waals surface area contributed by atoms with Crippen LogP contribution in [0.3, 0.4) is 0 Å². The summed E-state index contributed by atoms with van der Waals surface area (Å²) in [7, 11) is 1.63. The highest BCUT2D eigenvalue weighted by Crippen LogP contribution is 2.37. The number of hydrogen-bond donors (Lipinski definition) is 2. The summed E-state index contributed by atoms with van der Waals surface area (Å²) in [6.45, 7) is 2.05. The smallest absolute Gasteiger partial charge is 0.270 e. The van der Waals surface area contributed by atoms with Crippen molar-refractivity contribution in [2.45, 2.75) is 13.0 Å². The van der Waals surface area contributed by atoms with Crippen molar-refractivity contribution in [3.63, 3.8) is 0 Å². The number of fused-ring (bicyclic) bond motifs is 1. The summed E-state index contributed by atoms with van der Waals surface area (Å²) in [5.41, 5.74) is 5.42. The molecule has 3 aromatic rings. The van der Waals surface area contributed by atoms with Gasteiger partial charge in [-0.25, -0.2) is 0 Å². The number of nitrogens with one attached hydrogen (secondary N) is 2. The van der Waals surface area contributed by atoms with Gasteiger partial charge in [0.05, 0.1) is 18.8 Å². The van der Waals surface area contributed by atoms with Crippen molar-refractivity contribution in [2.24, 2.45) is 0 Å². The van der Waals surface area contributed by atoms with Gasteiger partial charge in [-0.3, -0.25) is 9.89 Å². The van der Waals surface area contributed by atoms with E-state index in [-0.39, 0.29) is 11.9 Å². The highest BCUT2D eigenvalue weighted by molar-refractivity contribution is 6.00. The van der Waals surface area contributed by atoms with Crippen molar-refractivity contribution in [3.8, 4) is 17.0 Å². The molecule has 0 saturated carbocycles. The van der Waals surface area contributed by atoms with Gasteiger partial charge in [0.15, 0.2) is 0 Å². The summed E-state index contributed by atoms with van der Waals surface area (Å²) < 4.78 is 5.21. The number of hydrogen-bond acceptors (Lipinski definition) is 3. The Morgan fingerprint density at radius 2 is 1.75 bits per heavy atom. The molecule has 0 bridgehead atoms. The zero-order valence-corrected chi connectivity index (χ0v) is 13.5. The van der Waals surface area contributed by atoms with Crippen LogP contribution in [-0.2, 0) is 0 Å². The number of aromatic amines is 1. The Bertz CT molecular complexity index is 895. The zero-order valence-electron chi connectivity index (χ0n) is 13.5. The lowest BCUT2D eigenvalue weighted by Gasteiger charge is -2.14. The van der Waals surface area contributed by atoms with Crippen LogP contribution in [-0.4, -0.2) is 23.2 Å². The summed E-state index contributed by atoms with van der Waals surface area (Å²) >= 11 is 0. The predicted molar refractivity (Wildman–Crippen MR) is 91.1 cm³/mol. The average molecular weight is 319 g/mol.